The third-order valence-corrected chi connectivity index (χ3v) is 6.21. The number of rotatable bonds is 4. The Morgan fingerprint density at radius 2 is 2.23 bits per heavy atom. The van der Waals surface area contributed by atoms with Crippen molar-refractivity contribution in [2.24, 2.45) is 0 Å². The van der Waals surface area contributed by atoms with E-state index in [1.165, 1.54) is 11.3 Å². The quantitative estimate of drug-likeness (QED) is 0.915. The summed E-state index contributed by atoms with van der Waals surface area (Å²) < 4.78 is 0.758. The molecule has 0 aliphatic carbocycles. The molecular formula is C15H18ClN3OS2. The Labute approximate surface area is 143 Å². The van der Waals surface area contributed by atoms with E-state index in [-0.39, 0.29) is 5.91 Å². The molecule has 3 rings (SSSR count). The first-order chi connectivity index (χ1) is 10.6. The number of nitrogens with zero attached hydrogens (tertiary/aromatic N) is 2. The van der Waals surface area contributed by atoms with Gasteiger partial charge in [0, 0.05) is 18.5 Å². The Hall–Kier alpha value is -0.950. The van der Waals surface area contributed by atoms with Gasteiger partial charge in [0.1, 0.15) is 5.01 Å². The van der Waals surface area contributed by atoms with E-state index in [2.05, 4.69) is 10.3 Å². The third-order valence-electron chi connectivity index (χ3n) is 3.92. The zero-order valence-corrected chi connectivity index (χ0v) is 14.7. The minimum atomic E-state index is 0.146. The number of carbonyl (C=O) groups excluding carboxylic acids is 1. The van der Waals surface area contributed by atoms with Crippen molar-refractivity contribution in [1.29, 1.82) is 0 Å². The number of amides is 1. The highest BCUT2D eigenvalue weighted by Gasteiger charge is 2.22. The predicted molar refractivity (Wildman–Crippen MR) is 92.8 cm³/mol. The summed E-state index contributed by atoms with van der Waals surface area (Å²) in [5.41, 5.74) is 0.843. The second-order valence-corrected chi connectivity index (χ2v) is 7.98. The zero-order chi connectivity index (χ0) is 15.5. The van der Waals surface area contributed by atoms with Gasteiger partial charge in [0.05, 0.1) is 21.3 Å². The first-order valence-electron chi connectivity index (χ1n) is 7.30. The average Bonchev–Trinajstić information content (AvgIpc) is 3.16. The Morgan fingerprint density at radius 3 is 2.91 bits per heavy atom. The van der Waals surface area contributed by atoms with E-state index in [9.17, 15) is 4.79 Å². The van der Waals surface area contributed by atoms with Gasteiger partial charge in [-0.3, -0.25) is 4.79 Å². The minimum Gasteiger partial charge on any atom is -0.342 e. The summed E-state index contributed by atoms with van der Waals surface area (Å²) in [6.45, 7) is 1.98. The van der Waals surface area contributed by atoms with Gasteiger partial charge in [-0.05, 0) is 38.1 Å². The maximum atomic E-state index is 12.4. The number of thiazole rings is 1. The molecule has 1 N–H and O–H groups in total. The molecule has 0 atom stereocenters. The van der Waals surface area contributed by atoms with Crippen molar-refractivity contribution in [1.82, 2.24) is 15.2 Å². The molecule has 1 amide bonds. The largest absolute Gasteiger partial charge is 0.342 e. The van der Waals surface area contributed by atoms with Crippen LogP contribution in [0.1, 0.15) is 18.5 Å². The van der Waals surface area contributed by atoms with Crippen LogP contribution in [0.15, 0.2) is 17.5 Å². The lowest BCUT2D eigenvalue weighted by Crippen LogP contribution is -2.44. The van der Waals surface area contributed by atoms with Gasteiger partial charge in [-0.2, -0.15) is 0 Å². The molecule has 0 saturated carbocycles. The SMILES string of the molecule is CN(C(=O)Cc1csc(-c2ccc(Cl)s2)n1)C1CCNCC1. The highest BCUT2D eigenvalue weighted by atomic mass is 35.5. The van der Waals surface area contributed by atoms with Crippen molar-refractivity contribution in [3.05, 3.63) is 27.5 Å². The Bertz CT molecular complexity index is 649. The number of piperidine rings is 1. The number of halogens is 1. The predicted octanol–water partition coefficient (Wildman–Crippen LogP) is 3.28. The lowest BCUT2D eigenvalue weighted by atomic mass is 10.0. The van der Waals surface area contributed by atoms with Crippen LogP contribution in [-0.2, 0) is 11.2 Å². The summed E-state index contributed by atoms with van der Waals surface area (Å²) in [7, 11) is 1.91. The number of thiophene rings is 1. The summed E-state index contributed by atoms with van der Waals surface area (Å²) in [5.74, 6) is 0.146. The number of hydrogen-bond acceptors (Lipinski definition) is 5. The summed E-state index contributed by atoms with van der Waals surface area (Å²) in [6, 6.07) is 4.19. The van der Waals surface area contributed by atoms with Gasteiger partial charge in [0.25, 0.3) is 0 Å². The molecule has 0 radical (unpaired) electrons. The first-order valence-corrected chi connectivity index (χ1v) is 9.37. The first kappa shape index (κ1) is 15.9. The van der Waals surface area contributed by atoms with Crippen molar-refractivity contribution >= 4 is 40.2 Å². The molecule has 4 nitrogen and oxygen atoms in total. The molecule has 2 aromatic rings. The molecule has 2 aromatic heterocycles. The van der Waals surface area contributed by atoms with Crippen LogP contribution in [0.25, 0.3) is 9.88 Å². The lowest BCUT2D eigenvalue weighted by molar-refractivity contribution is -0.131. The Balaban J connectivity index is 1.63. The van der Waals surface area contributed by atoms with Crippen molar-refractivity contribution in [3.8, 4) is 9.88 Å². The second kappa shape index (κ2) is 7.08. The standard InChI is InChI=1S/C15H18ClN3OS2/c1-19(11-4-6-17-7-5-11)14(20)8-10-9-21-15(18-10)12-2-3-13(16)22-12/h2-3,9,11,17H,4-8H2,1H3. The monoisotopic (exact) mass is 355 g/mol. The highest BCUT2D eigenvalue weighted by molar-refractivity contribution is 7.23. The van der Waals surface area contributed by atoms with E-state index < -0.39 is 0 Å². The molecule has 0 spiro atoms. The normalized spacial score (nSPS) is 15.9. The molecular weight excluding hydrogens is 338 g/mol. The van der Waals surface area contributed by atoms with Gasteiger partial charge in [-0.1, -0.05) is 11.6 Å². The third kappa shape index (κ3) is 3.68. The number of nitrogens with one attached hydrogen (secondary N) is 1. The molecule has 3 heterocycles. The van der Waals surface area contributed by atoms with Crippen molar-refractivity contribution in [2.75, 3.05) is 20.1 Å². The van der Waals surface area contributed by atoms with Gasteiger partial charge < -0.3 is 10.2 Å². The lowest BCUT2D eigenvalue weighted by Gasteiger charge is -2.31. The van der Waals surface area contributed by atoms with Crippen LogP contribution in [-0.4, -0.2) is 42.0 Å². The number of aromatic nitrogens is 1. The summed E-state index contributed by atoms with van der Waals surface area (Å²) in [6.07, 6.45) is 2.42. The Morgan fingerprint density at radius 1 is 1.45 bits per heavy atom. The van der Waals surface area contributed by atoms with E-state index in [1.807, 2.05) is 29.5 Å². The van der Waals surface area contributed by atoms with Crippen molar-refractivity contribution < 1.29 is 4.79 Å². The highest BCUT2D eigenvalue weighted by Crippen LogP contribution is 2.33. The molecule has 22 heavy (non-hydrogen) atoms. The fourth-order valence-corrected chi connectivity index (χ4v) is 4.54. The van der Waals surface area contributed by atoms with Gasteiger partial charge in [0.2, 0.25) is 5.91 Å². The van der Waals surface area contributed by atoms with Crippen LogP contribution < -0.4 is 5.32 Å². The fraction of sp³-hybridized carbons (Fsp3) is 0.467. The summed E-state index contributed by atoms with van der Waals surface area (Å²) in [5, 5.41) is 6.23. The molecule has 0 bridgehead atoms. The number of carbonyl (C=O) groups is 1. The second-order valence-electron chi connectivity index (χ2n) is 5.41. The topological polar surface area (TPSA) is 45.2 Å². The average molecular weight is 356 g/mol. The smallest absolute Gasteiger partial charge is 0.228 e. The molecule has 0 unspecified atom stereocenters. The van der Waals surface area contributed by atoms with E-state index >= 15 is 0 Å². The zero-order valence-electron chi connectivity index (χ0n) is 12.3. The van der Waals surface area contributed by atoms with Crippen LogP contribution in [0, 0.1) is 0 Å². The van der Waals surface area contributed by atoms with Crippen molar-refractivity contribution in [2.45, 2.75) is 25.3 Å². The molecule has 1 saturated heterocycles. The fourth-order valence-electron chi connectivity index (χ4n) is 2.61. The minimum absolute atomic E-state index is 0.146. The summed E-state index contributed by atoms with van der Waals surface area (Å²) in [4.78, 5) is 19.9. The van der Waals surface area contributed by atoms with Crippen LogP contribution in [0.2, 0.25) is 4.34 Å². The molecule has 1 aliphatic rings. The molecule has 118 valence electrons. The number of hydrogen-bond donors (Lipinski definition) is 1. The van der Waals surface area contributed by atoms with Crippen LogP contribution in [0.5, 0.6) is 0 Å². The molecule has 0 aromatic carbocycles. The molecule has 1 fully saturated rings. The van der Waals surface area contributed by atoms with Crippen molar-refractivity contribution in [3.63, 3.8) is 0 Å². The molecule has 7 heteroatoms. The molecule has 1 aliphatic heterocycles. The van der Waals surface area contributed by atoms with Gasteiger partial charge >= 0.3 is 0 Å². The van der Waals surface area contributed by atoms with E-state index in [4.69, 9.17) is 11.6 Å². The van der Waals surface area contributed by atoms with Gasteiger partial charge in [-0.15, -0.1) is 22.7 Å². The number of likely N-dealkylation sites (N-methyl/N-ethyl adjacent to an activating group) is 1. The maximum Gasteiger partial charge on any atom is 0.228 e. The van der Waals surface area contributed by atoms with Crippen LogP contribution >= 0.6 is 34.3 Å². The van der Waals surface area contributed by atoms with Gasteiger partial charge in [-0.25, -0.2) is 4.98 Å². The summed E-state index contributed by atoms with van der Waals surface area (Å²) >= 11 is 9.04. The van der Waals surface area contributed by atoms with E-state index in [1.54, 1.807) is 11.3 Å². The van der Waals surface area contributed by atoms with E-state index in [0.29, 0.717) is 12.5 Å². The van der Waals surface area contributed by atoms with Gasteiger partial charge in [0.15, 0.2) is 0 Å². The van der Waals surface area contributed by atoms with Crippen LogP contribution in [0.4, 0.5) is 0 Å². The Kier molecular flexibility index (Phi) is 5.13. The maximum absolute atomic E-state index is 12.4. The van der Waals surface area contributed by atoms with E-state index in [0.717, 1.165) is 45.8 Å². The van der Waals surface area contributed by atoms with Crippen LogP contribution in [0.3, 0.4) is 0 Å².